The Balaban J connectivity index is 1.96. The number of ether oxygens (including phenoxy) is 1. The summed E-state index contributed by atoms with van der Waals surface area (Å²) >= 11 is 3.33. The summed E-state index contributed by atoms with van der Waals surface area (Å²) in [6.45, 7) is 1.98. The van der Waals surface area contributed by atoms with Gasteiger partial charge in [-0.05, 0) is 12.5 Å². The zero-order chi connectivity index (χ0) is 14.4. The molecule has 5 nitrogen and oxygen atoms in total. The lowest BCUT2D eigenvalue weighted by molar-refractivity contribution is 0.155. The van der Waals surface area contributed by atoms with Gasteiger partial charge in [-0.15, -0.1) is 0 Å². The van der Waals surface area contributed by atoms with Crippen LogP contribution in [0.2, 0.25) is 0 Å². The molecule has 0 saturated heterocycles. The van der Waals surface area contributed by atoms with Crippen molar-refractivity contribution in [1.82, 2.24) is 9.97 Å². The molecule has 20 heavy (non-hydrogen) atoms. The first-order valence-corrected chi connectivity index (χ1v) is 7.17. The van der Waals surface area contributed by atoms with Crippen LogP contribution in [0.4, 0.5) is 10.6 Å². The summed E-state index contributed by atoms with van der Waals surface area (Å²) in [4.78, 5) is 20.0. The first-order chi connectivity index (χ1) is 9.69. The van der Waals surface area contributed by atoms with Crippen molar-refractivity contribution in [1.29, 1.82) is 0 Å². The second kappa shape index (κ2) is 7.00. The molecule has 1 N–H and O–H groups in total. The highest BCUT2D eigenvalue weighted by Crippen LogP contribution is 2.15. The van der Waals surface area contributed by atoms with Crippen molar-refractivity contribution < 1.29 is 9.53 Å². The van der Waals surface area contributed by atoms with Crippen LogP contribution in [0.3, 0.4) is 0 Å². The number of carbonyl (C=O) groups excluding carboxylic acids is 1. The lowest BCUT2D eigenvalue weighted by atomic mass is 10.2. The first kappa shape index (κ1) is 14.5. The van der Waals surface area contributed by atoms with Crippen molar-refractivity contribution in [2.45, 2.75) is 18.9 Å². The number of halogens is 1. The minimum absolute atomic E-state index is 0.223. The van der Waals surface area contributed by atoms with Gasteiger partial charge in [-0.2, -0.15) is 0 Å². The average Bonchev–Trinajstić information content (AvgIpc) is 2.46. The quantitative estimate of drug-likeness (QED) is 0.869. The molecule has 0 bridgehead atoms. The Labute approximate surface area is 125 Å². The van der Waals surface area contributed by atoms with Crippen LogP contribution in [0.25, 0.3) is 0 Å². The molecule has 1 heterocycles. The first-order valence-electron chi connectivity index (χ1n) is 6.05. The largest absolute Gasteiger partial charge is 0.444 e. The van der Waals surface area contributed by atoms with Crippen LogP contribution in [-0.2, 0) is 16.7 Å². The van der Waals surface area contributed by atoms with Gasteiger partial charge in [-0.25, -0.2) is 14.8 Å². The number of aromatic nitrogens is 2. The summed E-state index contributed by atoms with van der Waals surface area (Å²) < 4.78 is 5.15. The molecule has 0 spiro atoms. The molecule has 6 heteroatoms. The fourth-order valence-corrected chi connectivity index (χ4v) is 1.97. The normalized spacial score (nSPS) is 10.1. The monoisotopic (exact) mass is 335 g/mol. The number of anilines is 1. The summed E-state index contributed by atoms with van der Waals surface area (Å²) in [5, 5.41) is 3.19. The number of hydrogen-bond acceptors (Lipinski definition) is 4. The number of carbonyl (C=O) groups is 1. The Morgan fingerprint density at radius 2 is 2.10 bits per heavy atom. The molecule has 0 aliphatic heterocycles. The molecule has 0 aliphatic carbocycles. The van der Waals surface area contributed by atoms with Gasteiger partial charge in [0.25, 0.3) is 0 Å². The maximum absolute atomic E-state index is 11.8. The van der Waals surface area contributed by atoms with Gasteiger partial charge in [0.2, 0.25) is 0 Å². The van der Waals surface area contributed by atoms with Crippen LogP contribution in [-0.4, -0.2) is 16.1 Å². The molecule has 0 atom stereocenters. The standard InChI is InChI=1S/C14H14BrN3O2/c1-10-16-8-12(7-15)13(17-10)18-14(19)20-9-11-5-3-2-4-6-11/h2-6,8H,7,9H2,1H3,(H,16,17,18,19). The van der Waals surface area contributed by atoms with Crippen molar-refractivity contribution in [2.24, 2.45) is 0 Å². The minimum atomic E-state index is -0.533. The summed E-state index contributed by atoms with van der Waals surface area (Å²) in [6.07, 6.45) is 1.14. The zero-order valence-electron chi connectivity index (χ0n) is 11.0. The predicted molar refractivity (Wildman–Crippen MR) is 79.6 cm³/mol. The third kappa shape index (κ3) is 4.03. The molecule has 2 aromatic rings. The molecule has 1 amide bonds. The Kier molecular flexibility index (Phi) is 5.06. The van der Waals surface area contributed by atoms with Crippen molar-refractivity contribution >= 4 is 27.8 Å². The van der Waals surface area contributed by atoms with Crippen molar-refractivity contribution in [3.63, 3.8) is 0 Å². The minimum Gasteiger partial charge on any atom is -0.444 e. The van der Waals surface area contributed by atoms with E-state index in [0.717, 1.165) is 11.1 Å². The fourth-order valence-electron chi connectivity index (χ4n) is 1.56. The Morgan fingerprint density at radius 1 is 1.35 bits per heavy atom. The molecule has 0 unspecified atom stereocenters. The van der Waals surface area contributed by atoms with Crippen LogP contribution < -0.4 is 5.32 Å². The summed E-state index contributed by atoms with van der Waals surface area (Å²) in [6, 6.07) is 9.49. The topological polar surface area (TPSA) is 64.1 Å². The Bertz CT molecular complexity index is 590. The van der Waals surface area contributed by atoms with E-state index in [9.17, 15) is 4.79 Å². The fraction of sp³-hybridized carbons (Fsp3) is 0.214. The van der Waals surface area contributed by atoms with Gasteiger partial charge in [-0.1, -0.05) is 46.3 Å². The van der Waals surface area contributed by atoms with Crippen LogP contribution in [0.1, 0.15) is 17.0 Å². The molecule has 0 radical (unpaired) electrons. The molecule has 2 rings (SSSR count). The molecule has 1 aromatic carbocycles. The maximum atomic E-state index is 11.8. The second-order valence-corrected chi connectivity index (χ2v) is 4.67. The van der Waals surface area contributed by atoms with E-state index in [1.54, 1.807) is 13.1 Å². The van der Waals surface area contributed by atoms with Gasteiger partial charge >= 0.3 is 6.09 Å². The van der Waals surface area contributed by atoms with Gasteiger partial charge in [0.1, 0.15) is 18.2 Å². The van der Waals surface area contributed by atoms with Crippen LogP contribution >= 0.6 is 15.9 Å². The molecular formula is C14H14BrN3O2. The van der Waals surface area contributed by atoms with E-state index < -0.39 is 6.09 Å². The predicted octanol–water partition coefficient (Wildman–Crippen LogP) is 3.43. The third-order valence-electron chi connectivity index (χ3n) is 2.56. The zero-order valence-corrected chi connectivity index (χ0v) is 12.6. The molecule has 1 aromatic heterocycles. The van der Waals surface area contributed by atoms with E-state index in [0.29, 0.717) is 17.0 Å². The lowest BCUT2D eigenvalue weighted by Crippen LogP contribution is -2.16. The molecule has 0 aliphatic rings. The number of alkyl halides is 1. The Hall–Kier alpha value is -1.95. The van der Waals surface area contributed by atoms with E-state index in [4.69, 9.17) is 4.74 Å². The van der Waals surface area contributed by atoms with Gasteiger partial charge in [-0.3, -0.25) is 5.32 Å². The van der Waals surface area contributed by atoms with E-state index in [-0.39, 0.29) is 6.61 Å². The van der Waals surface area contributed by atoms with Gasteiger partial charge in [0.15, 0.2) is 0 Å². The van der Waals surface area contributed by atoms with E-state index >= 15 is 0 Å². The molecule has 104 valence electrons. The summed E-state index contributed by atoms with van der Waals surface area (Å²) in [5.74, 6) is 1.06. The van der Waals surface area contributed by atoms with E-state index in [1.165, 1.54) is 0 Å². The van der Waals surface area contributed by atoms with Gasteiger partial charge in [0.05, 0.1) is 0 Å². The van der Waals surface area contributed by atoms with Gasteiger partial charge in [0, 0.05) is 17.1 Å². The Morgan fingerprint density at radius 3 is 2.80 bits per heavy atom. The highest BCUT2D eigenvalue weighted by molar-refractivity contribution is 9.08. The van der Waals surface area contributed by atoms with Crippen LogP contribution in [0.5, 0.6) is 0 Å². The molecule has 0 fully saturated rings. The van der Waals surface area contributed by atoms with E-state index in [2.05, 4.69) is 31.2 Å². The van der Waals surface area contributed by atoms with Crippen LogP contribution in [0.15, 0.2) is 36.5 Å². The number of rotatable bonds is 4. The van der Waals surface area contributed by atoms with Crippen molar-refractivity contribution in [3.05, 3.63) is 53.5 Å². The summed E-state index contributed by atoms with van der Waals surface area (Å²) in [5.41, 5.74) is 1.73. The lowest BCUT2D eigenvalue weighted by Gasteiger charge is -2.09. The van der Waals surface area contributed by atoms with E-state index in [1.807, 2.05) is 30.3 Å². The number of amides is 1. The van der Waals surface area contributed by atoms with Gasteiger partial charge < -0.3 is 4.74 Å². The summed E-state index contributed by atoms with van der Waals surface area (Å²) in [7, 11) is 0. The average molecular weight is 336 g/mol. The molecular weight excluding hydrogens is 322 g/mol. The number of nitrogens with zero attached hydrogens (tertiary/aromatic N) is 2. The highest BCUT2D eigenvalue weighted by atomic mass is 79.9. The van der Waals surface area contributed by atoms with Crippen molar-refractivity contribution in [3.8, 4) is 0 Å². The highest BCUT2D eigenvalue weighted by Gasteiger charge is 2.09. The number of nitrogens with one attached hydrogen (secondary N) is 1. The van der Waals surface area contributed by atoms with Crippen molar-refractivity contribution in [2.75, 3.05) is 5.32 Å². The number of aryl methyl sites for hydroxylation is 1. The van der Waals surface area contributed by atoms with Crippen LogP contribution in [0, 0.1) is 6.92 Å². The SMILES string of the molecule is Cc1ncc(CBr)c(NC(=O)OCc2ccccc2)n1. The maximum Gasteiger partial charge on any atom is 0.413 e. The third-order valence-corrected chi connectivity index (χ3v) is 3.17. The number of hydrogen-bond donors (Lipinski definition) is 1. The number of benzene rings is 1. The second-order valence-electron chi connectivity index (χ2n) is 4.11. The smallest absolute Gasteiger partial charge is 0.413 e. The molecule has 0 saturated carbocycles.